The highest BCUT2D eigenvalue weighted by atomic mass is 32.2. The molecule has 0 N–H and O–H groups in total. The summed E-state index contributed by atoms with van der Waals surface area (Å²) in [4.78, 5) is 23.4. The number of carbonyl (C=O) groups excluding carboxylic acids is 1. The number of fused-ring (bicyclic) bond motifs is 1. The number of carbonyl (C=O) groups is 1. The van der Waals surface area contributed by atoms with Crippen LogP contribution in [0.3, 0.4) is 0 Å². The molecule has 0 radical (unpaired) electrons. The summed E-state index contributed by atoms with van der Waals surface area (Å²) >= 11 is 0.972. The van der Waals surface area contributed by atoms with Gasteiger partial charge in [-0.3, -0.25) is 14.7 Å². The summed E-state index contributed by atoms with van der Waals surface area (Å²) in [5.74, 6) is -2.02. The van der Waals surface area contributed by atoms with Crippen LogP contribution in [0.5, 0.6) is 0 Å². The summed E-state index contributed by atoms with van der Waals surface area (Å²) in [6.45, 7) is 0.282. The van der Waals surface area contributed by atoms with Gasteiger partial charge in [0, 0.05) is 18.8 Å². The molecule has 11 heteroatoms. The van der Waals surface area contributed by atoms with E-state index >= 15 is 0 Å². The fraction of sp³-hybridized carbons (Fsp3) is 0.350. The summed E-state index contributed by atoms with van der Waals surface area (Å²) in [6, 6.07) is 6.24. The second kappa shape index (κ2) is 8.56. The van der Waals surface area contributed by atoms with E-state index in [2.05, 4.69) is 9.97 Å². The van der Waals surface area contributed by atoms with E-state index in [1.807, 2.05) is 0 Å². The monoisotopic (exact) mass is 466 g/mol. The summed E-state index contributed by atoms with van der Waals surface area (Å²) in [6.07, 6.45) is 4.41. The maximum absolute atomic E-state index is 14.2. The fourth-order valence-electron chi connectivity index (χ4n) is 3.68. The van der Waals surface area contributed by atoms with Crippen molar-refractivity contribution in [1.82, 2.24) is 14.3 Å². The Balaban J connectivity index is 1.77. The zero-order valence-corrected chi connectivity index (χ0v) is 18.3. The van der Waals surface area contributed by atoms with Crippen molar-refractivity contribution >= 4 is 42.6 Å². The Kier molecular flexibility index (Phi) is 6.00. The van der Waals surface area contributed by atoms with Crippen molar-refractivity contribution in [3.63, 3.8) is 0 Å². The first-order valence-electron chi connectivity index (χ1n) is 9.68. The first-order valence-corrected chi connectivity index (χ1v) is 12.3. The van der Waals surface area contributed by atoms with Crippen molar-refractivity contribution < 1.29 is 22.0 Å². The number of halogens is 2. The minimum atomic E-state index is -3.60. The molecule has 1 amide bonds. The molecule has 2 aromatic heterocycles. The van der Waals surface area contributed by atoms with Crippen molar-refractivity contribution in [2.45, 2.75) is 31.8 Å². The van der Waals surface area contributed by atoms with Crippen LogP contribution in [-0.2, 0) is 21.4 Å². The molecular formula is C20H20F2N4O3S2. The minimum Gasteiger partial charge on any atom is -0.281 e. The zero-order valence-electron chi connectivity index (χ0n) is 16.7. The molecule has 0 aliphatic carbocycles. The van der Waals surface area contributed by atoms with Crippen LogP contribution in [0.25, 0.3) is 10.2 Å². The molecule has 0 bridgehead atoms. The van der Waals surface area contributed by atoms with E-state index in [1.165, 1.54) is 9.21 Å². The van der Waals surface area contributed by atoms with Crippen LogP contribution >= 0.6 is 11.3 Å². The molecule has 1 unspecified atom stereocenters. The van der Waals surface area contributed by atoms with E-state index in [0.717, 1.165) is 29.7 Å². The molecule has 1 aromatic carbocycles. The van der Waals surface area contributed by atoms with Gasteiger partial charge in [0.15, 0.2) is 10.9 Å². The normalized spacial score (nSPS) is 17.7. The van der Waals surface area contributed by atoms with Crippen molar-refractivity contribution in [2.24, 2.45) is 0 Å². The molecule has 31 heavy (non-hydrogen) atoms. The largest absolute Gasteiger partial charge is 0.281 e. The average Bonchev–Trinajstić information content (AvgIpc) is 3.16. The van der Waals surface area contributed by atoms with Crippen LogP contribution < -0.4 is 4.90 Å². The number of nitrogens with zero attached hydrogens (tertiary/aromatic N) is 4. The van der Waals surface area contributed by atoms with E-state index in [0.29, 0.717) is 25.0 Å². The lowest BCUT2D eigenvalue weighted by molar-refractivity contribution is -0.123. The Labute approximate surface area is 182 Å². The first kappa shape index (κ1) is 21.7. The summed E-state index contributed by atoms with van der Waals surface area (Å²) < 4.78 is 53.9. The van der Waals surface area contributed by atoms with Gasteiger partial charge in [-0.25, -0.2) is 22.2 Å². The Morgan fingerprint density at radius 2 is 2.10 bits per heavy atom. The number of hydrogen-bond acceptors (Lipinski definition) is 6. The fourth-order valence-corrected chi connectivity index (χ4v) is 5.81. The maximum Gasteiger partial charge on any atom is 0.247 e. The standard InChI is InChI=1S/C20H20F2N4O3S2/c1-31(28,29)26-9-5-3-7-16(26)19(27)25(12-14-6-2-4-8-23-14)20-24-18-15(22)10-13(21)11-17(18)30-20/h2,4,6,8,10-11,16H,3,5,7,9,12H2,1H3. The minimum absolute atomic E-state index is 0.0255. The van der Waals surface area contributed by atoms with Gasteiger partial charge in [-0.05, 0) is 31.0 Å². The molecule has 4 rings (SSSR count). The van der Waals surface area contributed by atoms with Gasteiger partial charge in [-0.1, -0.05) is 23.8 Å². The highest BCUT2D eigenvalue weighted by Gasteiger charge is 2.38. The molecule has 3 aromatic rings. The van der Waals surface area contributed by atoms with Gasteiger partial charge in [0.25, 0.3) is 0 Å². The zero-order chi connectivity index (χ0) is 22.2. The van der Waals surface area contributed by atoms with Gasteiger partial charge in [-0.2, -0.15) is 4.31 Å². The van der Waals surface area contributed by atoms with Gasteiger partial charge >= 0.3 is 0 Å². The van der Waals surface area contributed by atoms with Crippen molar-refractivity contribution in [3.8, 4) is 0 Å². The summed E-state index contributed by atoms with van der Waals surface area (Å²) in [7, 11) is -3.60. The van der Waals surface area contributed by atoms with Gasteiger partial charge in [-0.15, -0.1) is 0 Å². The number of benzene rings is 1. The predicted octanol–water partition coefficient (Wildman–Crippen LogP) is 3.32. The van der Waals surface area contributed by atoms with Gasteiger partial charge in [0.2, 0.25) is 15.9 Å². The Morgan fingerprint density at radius 3 is 2.81 bits per heavy atom. The van der Waals surface area contributed by atoms with Crippen LogP contribution in [0.4, 0.5) is 13.9 Å². The van der Waals surface area contributed by atoms with Gasteiger partial charge in [0.05, 0.1) is 23.2 Å². The molecule has 0 saturated carbocycles. The number of pyridine rings is 1. The molecule has 3 heterocycles. The molecule has 1 aliphatic heterocycles. The van der Waals surface area contributed by atoms with Gasteiger partial charge < -0.3 is 0 Å². The van der Waals surface area contributed by atoms with E-state index in [4.69, 9.17) is 0 Å². The Bertz CT molecular complexity index is 1220. The van der Waals surface area contributed by atoms with E-state index in [-0.39, 0.29) is 28.4 Å². The third kappa shape index (κ3) is 4.58. The lowest BCUT2D eigenvalue weighted by atomic mass is 10.0. The molecule has 1 saturated heterocycles. The van der Waals surface area contributed by atoms with Crippen LogP contribution in [-0.4, -0.2) is 47.4 Å². The van der Waals surface area contributed by atoms with Gasteiger partial charge in [0.1, 0.15) is 17.4 Å². The maximum atomic E-state index is 14.2. The summed E-state index contributed by atoms with van der Waals surface area (Å²) in [5.41, 5.74) is 0.521. The molecule has 1 aliphatic rings. The molecule has 1 atom stereocenters. The number of amides is 1. The number of rotatable bonds is 5. The highest BCUT2D eigenvalue weighted by Crippen LogP contribution is 2.33. The van der Waals surface area contributed by atoms with Crippen molar-refractivity contribution in [1.29, 1.82) is 0 Å². The number of thiazole rings is 1. The van der Waals surface area contributed by atoms with E-state index < -0.39 is 33.6 Å². The molecule has 164 valence electrons. The number of piperidine rings is 1. The SMILES string of the molecule is CS(=O)(=O)N1CCCCC1C(=O)N(Cc1ccccn1)c1nc2c(F)cc(F)cc2s1. The molecule has 1 fully saturated rings. The highest BCUT2D eigenvalue weighted by molar-refractivity contribution is 7.88. The second-order valence-corrected chi connectivity index (χ2v) is 10.3. The third-order valence-electron chi connectivity index (χ3n) is 5.11. The molecule has 7 nitrogen and oxygen atoms in total. The van der Waals surface area contributed by atoms with Crippen molar-refractivity contribution in [2.75, 3.05) is 17.7 Å². The average molecular weight is 467 g/mol. The predicted molar refractivity (Wildman–Crippen MR) is 114 cm³/mol. The first-order chi connectivity index (χ1) is 14.7. The Hall–Kier alpha value is -2.50. The lowest BCUT2D eigenvalue weighted by Gasteiger charge is -2.35. The molecular weight excluding hydrogens is 446 g/mol. The number of anilines is 1. The third-order valence-corrected chi connectivity index (χ3v) is 7.42. The number of sulfonamides is 1. The van der Waals surface area contributed by atoms with Crippen LogP contribution in [0.1, 0.15) is 25.0 Å². The van der Waals surface area contributed by atoms with Crippen molar-refractivity contribution in [3.05, 3.63) is 53.9 Å². The smallest absolute Gasteiger partial charge is 0.247 e. The van der Waals surface area contributed by atoms with Crippen LogP contribution in [0, 0.1) is 11.6 Å². The van der Waals surface area contributed by atoms with Crippen LogP contribution in [0.15, 0.2) is 36.5 Å². The second-order valence-electron chi connectivity index (χ2n) is 7.36. The lowest BCUT2D eigenvalue weighted by Crippen LogP contribution is -2.52. The van der Waals surface area contributed by atoms with E-state index in [9.17, 15) is 22.0 Å². The molecule has 0 spiro atoms. The Morgan fingerprint density at radius 1 is 1.29 bits per heavy atom. The topological polar surface area (TPSA) is 83.5 Å². The number of hydrogen-bond donors (Lipinski definition) is 0. The number of aromatic nitrogens is 2. The van der Waals surface area contributed by atoms with E-state index in [1.54, 1.807) is 24.4 Å². The quantitative estimate of drug-likeness (QED) is 0.576. The summed E-state index contributed by atoms with van der Waals surface area (Å²) in [5, 5.41) is 0.161. The van der Waals surface area contributed by atoms with Crippen LogP contribution in [0.2, 0.25) is 0 Å².